The predicted molar refractivity (Wildman–Crippen MR) is 97.1 cm³/mol. The smallest absolute Gasteiger partial charge is 0.256 e. The first kappa shape index (κ1) is 15.5. The Morgan fingerprint density at radius 1 is 1.08 bits per heavy atom. The largest absolute Gasteiger partial charge is 0.321 e. The van der Waals surface area contributed by atoms with Crippen molar-refractivity contribution >= 4 is 40.4 Å². The Kier molecular flexibility index (Phi) is 3.78. The SMILES string of the molecule is O=C1Nc2ccc(C(=O)c3cccs3)cc2/C1=C/c1ccc(F)cc1. The van der Waals surface area contributed by atoms with Gasteiger partial charge >= 0.3 is 0 Å². The molecular formula is C20H12FNO2S. The standard InChI is InChI=1S/C20H12FNO2S/c21-14-6-3-12(4-7-14)10-16-15-11-13(5-8-17(15)22-20(16)24)19(23)18-2-1-9-25-18/h1-11H,(H,22,24)/b16-10-. The predicted octanol–water partition coefficient (Wildman–Crippen LogP) is 4.61. The summed E-state index contributed by atoms with van der Waals surface area (Å²) in [5.74, 6) is -0.638. The number of ketones is 1. The van der Waals surface area contributed by atoms with Gasteiger partial charge in [-0.1, -0.05) is 18.2 Å². The van der Waals surface area contributed by atoms with E-state index < -0.39 is 0 Å². The molecule has 1 N–H and O–H groups in total. The summed E-state index contributed by atoms with van der Waals surface area (Å²) in [4.78, 5) is 25.5. The maximum atomic E-state index is 13.1. The maximum Gasteiger partial charge on any atom is 0.256 e. The van der Waals surface area contributed by atoms with Gasteiger partial charge in [-0.15, -0.1) is 11.3 Å². The van der Waals surface area contributed by atoms with Crippen LogP contribution in [-0.4, -0.2) is 11.7 Å². The van der Waals surface area contributed by atoms with Gasteiger partial charge in [0.25, 0.3) is 5.91 Å². The average molecular weight is 349 g/mol. The molecule has 0 unspecified atom stereocenters. The number of halogens is 1. The van der Waals surface area contributed by atoms with E-state index in [1.54, 1.807) is 42.5 Å². The van der Waals surface area contributed by atoms with Crippen molar-refractivity contribution in [1.29, 1.82) is 0 Å². The van der Waals surface area contributed by atoms with Crippen LogP contribution in [0.3, 0.4) is 0 Å². The molecule has 1 aliphatic rings. The van der Waals surface area contributed by atoms with Crippen LogP contribution in [0.25, 0.3) is 11.6 Å². The van der Waals surface area contributed by atoms with E-state index in [9.17, 15) is 14.0 Å². The molecule has 122 valence electrons. The van der Waals surface area contributed by atoms with E-state index in [-0.39, 0.29) is 17.5 Å². The summed E-state index contributed by atoms with van der Waals surface area (Å²) >= 11 is 1.38. The summed E-state index contributed by atoms with van der Waals surface area (Å²) in [5.41, 5.74) is 3.05. The highest BCUT2D eigenvalue weighted by Gasteiger charge is 2.25. The number of nitrogens with one attached hydrogen (secondary N) is 1. The second kappa shape index (κ2) is 6.11. The Labute approximate surface area is 147 Å². The summed E-state index contributed by atoms with van der Waals surface area (Å²) in [6.45, 7) is 0. The van der Waals surface area contributed by atoms with Crippen LogP contribution in [0.4, 0.5) is 10.1 Å². The zero-order valence-electron chi connectivity index (χ0n) is 13.0. The summed E-state index contributed by atoms with van der Waals surface area (Å²) in [7, 11) is 0. The minimum absolute atomic E-state index is 0.0710. The molecule has 0 saturated carbocycles. The van der Waals surface area contributed by atoms with Gasteiger partial charge < -0.3 is 5.32 Å². The fourth-order valence-electron chi connectivity index (χ4n) is 2.75. The summed E-state index contributed by atoms with van der Waals surface area (Å²) in [6.07, 6.45) is 1.69. The zero-order valence-corrected chi connectivity index (χ0v) is 13.8. The lowest BCUT2D eigenvalue weighted by Gasteiger charge is -2.03. The summed E-state index contributed by atoms with van der Waals surface area (Å²) in [5, 5.41) is 4.64. The van der Waals surface area contributed by atoms with Gasteiger partial charge in [0.05, 0.1) is 4.88 Å². The molecule has 0 radical (unpaired) electrons. The third-order valence-electron chi connectivity index (χ3n) is 3.99. The van der Waals surface area contributed by atoms with Crippen LogP contribution in [0.1, 0.15) is 26.4 Å². The zero-order chi connectivity index (χ0) is 17.4. The van der Waals surface area contributed by atoms with Crippen LogP contribution in [0.5, 0.6) is 0 Å². The van der Waals surface area contributed by atoms with E-state index in [0.29, 0.717) is 27.3 Å². The van der Waals surface area contributed by atoms with Crippen LogP contribution < -0.4 is 5.32 Å². The minimum Gasteiger partial charge on any atom is -0.321 e. The highest BCUT2D eigenvalue weighted by molar-refractivity contribution is 7.12. The van der Waals surface area contributed by atoms with Crippen molar-refractivity contribution in [2.45, 2.75) is 0 Å². The van der Waals surface area contributed by atoms with Crippen molar-refractivity contribution in [3.63, 3.8) is 0 Å². The van der Waals surface area contributed by atoms with Gasteiger partial charge in [0.1, 0.15) is 5.82 Å². The minimum atomic E-state index is -0.331. The lowest BCUT2D eigenvalue weighted by molar-refractivity contribution is -0.110. The van der Waals surface area contributed by atoms with E-state index in [1.165, 1.54) is 23.5 Å². The number of fused-ring (bicyclic) bond motifs is 1. The van der Waals surface area contributed by atoms with Gasteiger partial charge in [0, 0.05) is 22.4 Å². The van der Waals surface area contributed by atoms with Crippen LogP contribution in [-0.2, 0) is 4.79 Å². The average Bonchev–Trinajstić information content (AvgIpc) is 3.25. The molecule has 5 heteroatoms. The van der Waals surface area contributed by atoms with Crippen molar-refractivity contribution < 1.29 is 14.0 Å². The van der Waals surface area contributed by atoms with Gasteiger partial charge in [-0.2, -0.15) is 0 Å². The third-order valence-corrected chi connectivity index (χ3v) is 4.86. The number of hydrogen-bond donors (Lipinski definition) is 1. The van der Waals surface area contributed by atoms with E-state index in [2.05, 4.69) is 5.32 Å². The topological polar surface area (TPSA) is 46.2 Å². The number of hydrogen-bond acceptors (Lipinski definition) is 3. The van der Waals surface area contributed by atoms with Crippen molar-refractivity contribution in [1.82, 2.24) is 0 Å². The van der Waals surface area contributed by atoms with Crippen LogP contribution in [0.15, 0.2) is 60.0 Å². The Bertz CT molecular complexity index is 1000. The monoisotopic (exact) mass is 349 g/mol. The van der Waals surface area contributed by atoms with E-state index >= 15 is 0 Å². The van der Waals surface area contributed by atoms with Crippen molar-refractivity contribution in [2.24, 2.45) is 0 Å². The third kappa shape index (κ3) is 2.90. The van der Waals surface area contributed by atoms with Crippen LogP contribution in [0.2, 0.25) is 0 Å². The molecule has 3 aromatic rings. The number of rotatable bonds is 3. The molecule has 25 heavy (non-hydrogen) atoms. The lowest BCUT2D eigenvalue weighted by Crippen LogP contribution is -2.03. The molecule has 1 amide bonds. The molecular weight excluding hydrogens is 337 g/mol. The summed E-state index contributed by atoms with van der Waals surface area (Å²) < 4.78 is 13.1. The molecule has 0 bridgehead atoms. The van der Waals surface area contributed by atoms with Crippen molar-refractivity contribution in [3.8, 4) is 0 Å². The number of amides is 1. The fraction of sp³-hybridized carbons (Fsp3) is 0. The molecule has 0 atom stereocenters. The fourth-order valence-corrected chi connectivity index (χ4v) is 3.43. The normalized spacial score (nSPS) is 14.4. The molecule has 1 aliphatic heterocycles. The van der Waals surface area contributed by atoms with Crippen molar-refractivity contribution in [3.05, 3.63) is 87.4 Å². The van der Waals surface area contributed by atoms with E-state index in [4.69, 9.17) is 0 Å². The number of anilines is 1. The second-order valence-corrected chi connectivity index (χ2v) is 6.58. The maximum absolute atomic E-state index is 13.1. The van der Waals surface area contributed by atoms with Gasteiger partial charge in [0.15, 0.2) is 0 Å². The first-order chi connectivity index (χ1) is 12.1. The van der Waals surface area contributed by atoms with Gasteiger partial charge in [-0.25, -0.2) is 4.39 Å². The van der Waals surface area contributed by atoms with Gasteiger partial charge in [-0.05, 0) is 53.4 Å². The number of thiophene rings is 1. The van der Waals surface area contributed by atoms with E-state index in [1.807, 2.05) is 11.4 Å². The Balaban J connectivity index is 1.76. The highest BCUT2D eigenvalue weighted by Crippen LogP contribution is 2.34. The molecule has 2 aromatic carbocycles. The van der Waals surface area contributed by atoms with Gasteiger partial charge in [-0.3, -0.25) is 9.59 Å². The highest BCUT2D eigenvalue weighted by atomic mass is 32.1. The molecule has 0 fully saturated rings. The first-order valence-corrected chi connectivity index (χ1v) is 8.51. The molecule has 4 rings (SSSR count). The number of carbonyl (C=O) groups excluding carboxylic acids is 2. The molecule has 0 aliphatic carbocycles. The molecule has 2 heterocycles. The first-order valence-electron chi connectivity index (χ1n) is 7.63. The molecule has 0 spiro atoms. The lowest BCUT2D eigenvalue weighted by atomic mass is 9.99. The molecule has 3 nitrogen and oxygen atoms in total. The summed E-state index contributed by atoms with van der Waals surface area (Å²) in [6, 6.07) is 14.7. The van der Waals surface area contributed by atoms with Crippen LogP contribution >= 0.6 is 11.3 Å². The Morgan fingerprint density at radius 2 is 1.88 bits per heavy atom. The number of carbonyl (C=O) groups is 2. The van der Waals surface area contributed by atoms with Gasteiger partial charge in [0.2, 0.25) is 5.78 Å². The Hall–Kier alpha value is -3.05. The quantitative estimate of drug-likeness (QED) is 0.554. The number of benzene rings is 2. The Morgan fingerprint density at radius 3 is 2.60 bits per heavy atom. The molecule has 1 aromatic heterocycles. The molecule has 0 saturated heterocycles. The van der Waals surface area contributed by atoms with Crippen molar-refractivity contribution in [2.75, 3.05) is 5.32 Å². The van der Waals surface area contributed by atoms with E-state index in [0.717, 1.165) is 5.56 Å². The van der Waals surface area contributed by atoms with Crippen LogP contribution in [0, 0.1) is 5.82 Å². The second-order valence-electron chi connectivity index (χ2n) is 5.63.